The van der Waals surface area contributed by atoms with Crippen LogP contribution in [0.2, 0.25) is 0 Å². The number of ether oxygens (including phenoxy) is 1. The lowest BCUT2D eigenvalue weighted by Gasteiger charge is -2.12. The standard InChI is InChI=1S/C10H15NO4S/c1-8(11-15-16(3,12)13)9-4-6-10(14-2)7-5-9/h4,6H,5,7H2,1-3H3. The Balaban J connectivity index is 2.73. The quantitative estimate of drug-likeness (QED) is 0.557. The van der Waals surface area contributed by atoms with Gasteiger partial charge in [-0.2, -0.15) is 8.42 Å². The molecule has 1 aliphatic rings. The molecular weight excluding hydrogens is 230 g/mol. The molecule has 0 fully saturated rings. The largest absolute Gasteiger partial charge is 0.501 e. The van der Waals surface area contributed by atoms with Crippen LogP contribution < -0.4 is 0 Å². The van der Waals surface area contributed by atoms with Crippen LogP contribution in [0.1, 0.15) is 19.8 Å². The Hall–Kier alpha value is -1.30. The third-order valence-corrected chi connectivity index (χ3v) is 2.49. The molecule has 6 heteroatoms. The third kappa shape index (κ3) is 4.06. The van der Waals surface area contributed by atoms with E-state index in [9.17, 15) is 8.42 Å². The molecule has 0 radical (unpaired) electrons. The van der Waals surface area contributed by atoms with Crippen molar-refractivity contribution >= 4 is 15.8 Å². The number of allylic oxidation sites excluding steroid dienone is 4. The molecule has 0 bridgehead atoms. The molecular formula is C10H15NO4S. The van der Waals surface area contributed by atoms with Gasteiger partial charge in [-0.05, 0) is 25.0 Å². The molecule has 0 aromatic heterocycles. The molecule has 0 saturated carbocycles. The Morgan fingerprint density at radius 2 is 2.06 bits per heavy atom. The first-order valence-corrected chi connectivity index (χ1v) is 6.61. The first-order chi connectivity index (χ1) is 7.42. The first kappa shape index (κ1) is 12.8. The lowest BCUT2D eigenvalue weighted by atomic mass is 10.0. The van der Waals surface area contributed by atoms with E-state index in [1.54, 1.807) is 14.0 Å². The average molecular weight is 245 g/mol. The highest BCUT2D eigenvalue weighted by molar-refractivity contribution is 7.85. The van der Waals surface area contributed by atoms with Crippen LogP contribution >= 0.6 is 0 Å². The molecule has 16 heavy (non-hydrogen) atoms. The van der Waals surface area contributed by atoms with Gasteiger partial charge in [-0.25, -0.2) is 0 Å². The van der Waals surface area contributed by atoms with E-state index in [-0.39, 0.29) is 0 Å². The van der Waals surface area contributed by atoms with Crippen LogP contribution in [0, 0.1) is 0 Å². The highest BCUT2D eigenvalue weighted by Gasteiger charge is 2.10. The molecule has 0 N–H and O–H groups in total. The summed E-state index contributed by atoms with van der Waals surface area (Å²) in [6.45, 7) is 1.71. The predicted octanol–water partition coefficient (Wildman–Crippen LogP) is 1.59. The van der Waals surface area contributed by atoms with E-state index in [2.05, 4.69) is 9.44 Å². The van der Waals surface area contributed by atoms with E-state index in [1.807, 2.05) is 12.2 Å². The topological polar surface area (TPSA) is 65.0 Å². The fraction of sp³-hybridized carbons (Fsp3) is 0.500. The van der Waals surface area contributed by atoms with Crippen molar-refractivity contribution in [2.75, 3.05) is 13.4 Å². The molecule has 0 unspecified atom stereocenters. The fourth-order valence-electron chi connectivity index (χ4n) is 1.27. The summed E-state index contributed by atoms with van der Waals surface area (Å²) < 4.78 is 30.9. The first-order valence-electron chi connectivity index (χ1n) is 4.79. The zero-order valence-corrected chi connectivity index (χ0v) is 10.4. The Morgan fingerprint density at radius 1 is 1.38 bits per heavy atom. The number of methoxy groups -OCH3 is 1. The lowest BCUT2D eigenvalue weighted by molar-refractivity contribution is 0.276. The molecule has 1 aliphatic carbocycles. The van der Waals surface area contributed by atoms with Crippen molar-refractivity contribution in [2.45, 2.75) is 19.8 Å². The van der Waals surface area contributed by atoms with Gasteiger partial charge >= 0.3 is 10.1 Å². The average Bonchev–Trinajstić information content (AvgIpc) is 2.25. The molecule has 0 aliphatic heterocycles. The molecule has 5 nitrogen and oxygen atoms in total. The maximum atomic E-state index is 10.7. The molecule has 0 heterocycles. The molecule has 0 atom stereocenters. The summed E-state index contributed by atoms with van der Waals surface area (Å²) in [4.78, 5) is 0. The second-order valence-electron chi connectivity index (χ2n) is 3.48. The van der Waals surface area contributed by atoms with Gasteiger partial charge in [0, 0.05) is 6.42 Å². The van der Waals surface area contributed by atoms with Gasteiger partial charge in [0.2, 0.25) is 0 Å². The monoisotopic (exact) mass is 245 g/mol. The van der Waals surface area contributed by atoms with Gasteiger partial charge in [0.15, 0.2) is 0 Å². The SMILES string of the molecule is COC1=CC=C(C(C)=NOS(C)(=O)=O)CC1. The zero-order chi connectivity index (χ0) is 12.2. The lowest BCUT2D eigenvalue weighted by Crippen LogP contribution is -2.05. The number of hydrogen-bond donors (Lipinski definition) is 0. The molecule has 0 saturated heterocycles. The normalized spacial score (nSPS) is 17.6. The van der Waals surface area contributed by atoms with Crippen molar-refractivity contribution in [2.24, 2.45) is 5.16 Å². The van der Waals surface area contributed by atoms with Gasteiger partial charge in [-0.3, -0.25) is 4.28 Å². The highest BCUT2D eigenvalue weighted by Crippen LogP contribution is 2.19. The summed E-state index contributed by atoms with van der Waals surface area (Å²) >= 11 is 0. The fourth-order valence-corrected chi connectivity index (χ4v) is 1.52. The van der Waals surface area contributed by atoms with Crippen LogP contribution in [0.4, 0.5) is 0 Å². The molecule has 0 amide bonds. The smallest absolute Gasteiger partial charge is 0.325 e. The minimum absolute atomic E-state index is 0.567. The summed E-state index contributed by atoms with van der Waals surface area (Å²) in [6.07, 6.45) is 6.21. The Morgan fingerprint density at radius 3 is 2.50 bits per heavy atom. The van der Waals surface area contributed by atoms with Crippen molar-refractivity contribution in [3.8, 4) is 0 Å². The zero-order valence-electron chi connectivity index (χ0n) is 9.56. The summed E-state index contributed by atoms with van der Waals surface area (Å²) in [7, 11) is -1.90. The Labute approximate surface area is 95.5 Å². The molecule has 1 rings (SSSR count). The summed E-state index contributed by atoms with van der Waals surface area (Å²) in [5.74, 6) is 0.903. The van der Waals surface area contributed by atoms with Gasteiger partial charge in [-0.1, -0.05) is 11.2 Å². The van der Waals surface area contributed by atoms with Crippen LogP contribution in [-0.2, 0) is 19.1 Å². The van der Waals surface area contributed by atoms with Gasteiger partial charge in [0.1, 0.15) is 0 Å². The summed E-state index contributed by atoms with van der Waals surface area (Å²) in [5.41, 5.74) is 1.52. The van der Waals surface area contributed by atoms with Gasteiger partial charge in [-0.15, -0.1) is 0 Å². The second-order valence-corrected chi connectivity index (χ2v) is 5.04. The highest BCUT2D eigenvalue weighted by atomic mass is 32.2. The molecule has 0 aromatic carbocycles. The Kier molecular flexibility index (Phi) is 4.12. The third-order valence-electron chi connectivity index (χ3n) is 2.15. The Bertz CT molecular complexity index is 445. The van der Waals surface area contributed by atoms with E-state index >= 15 is 0 Å². The molecule has 0 aromatic rings. The van der Waals surface area contributed by atoms with Crippen molar-refractivity contribution in [1.29, 1.82) is 0 Å². The van der Waals surface area contributed by atoms with E-state index in [0.717, 1.165) is 30.4 Å². The maximum Gasteiger partial charge on any atom is 0.325 e. The van der Waals surface area contributed by atoms with Crippen LogP contribution in [-0.4, -0.2) is 27.5 Å². The second kappa shape index (κ2) is 5.16. The minimum atomic E-state index is -3.53. The van der Waals surface area contributed by atoms with Gasteiger partial charge in [0.25, 0.3) is 0 Å². The summed E-state index contributed by atoms with van der Waals surface area (Å²) in [5, 5.41) is 3.56. The number of hydrogen-bond acceptors (Lipinski definition) is 5. The summed E-state index contributed by atoms with van der Waals surface area (Å²) in [6, 6.07) is 0. The van der Waals surface area contributed by atoms with Crippen molar-refractivity contribution in [3.05, 3.63) is 23.5 Å². The van der Waals surface area contributed by atoms with Crippen molar-refractivity contribution in [3.63, 3.8) is 0 Å². The maximum absolute atomic E-state index is 10.7. The minimum Gasteiger partial charge on any atom is -0.501 e. The molecule has 90 valence electrons. The van der Waals surface area contributed by atoms with Gasteiger partial charge < -0.3 is 4.74 Å². The van der Waals surface area contributed by atoms with Crippen molar-refractivity contribution < 1.29 is 17.4 Å². The van der Waals surface area contributed by atoms with E-state index in [4.69, 9.17) is 4.74 Å². The van der Waals surface area contributed by atoms with Crippen LogP contribution in [0.5, 0.6) is 0 Å². The van der Waals surface area contributed by atoms with Crippen LogP contribution in [0.15, 0.2) is 28.6 Å². The predicted molar refractivity (Wildman–Crippen MR) is 61.4 cm³/mol. The number of rotatable bonds is 4. The van der Waals surface area contributed by atoms with Crippen molar-refractivity contribution in [1.82, 2.24) is 0 Å². The number of nitrogens with zero attached hydrogens (tertiary/aromatic N) is 1. The van der Waals surface area contributed by atoms with E-state index in [0.29, 0.717) is 5.71 Å². The van der Waals surface area contributed by atoms with Gasteiger partial charge in [0.05, 0.1) is 24.8 Å². The van der Waals surface area contributed by atoms with E-state index in [1.165, 1.54) is 0 Å². The molecule has 0 spiro atoms. The number of oxime groups is 1. The van der Waals surface area contributed by atoms with Crippen LogP contribution in [0.25, 0.3) is 0 Å². The van der Waals surface area contributed by atoms with E-state index < -0.39 is 10.1 Å². The van der Waals surface area contributed by atoms with Crippen LogP contribution in [0.3, 0.4) is 0 Å².